The van der Waals surface area contributed by atoms with E-state index in [1.807, 2.05) is 31.3 Å². The molecule has 15 nitrogen and oxygen atoms in total. The first-order valence-electron chi connectivity index (χ1n) is 18.5. The van der Waals surface area contributed by atoms with E-state index >= 15 is 0 Å². The fraction of sp³-hybridized carbons (Fsp3) is 0.385. The van der Waals surface area contributed by atoms with Crippen LogP contribution < -0.4 is 26.0 Å². The smallest absolute Gasteiger partial charge is 0.270 e. The molecule has 5 amide bonds. The van der Waals surface area contributed by atoms with Gasteiger partial charge in [0, 0.05) is 75.7 Å². The Hall–Kier alpha value is -5.96. The molecule has 0 saturated carbocycles. The summed E-state index contributed by atoms with van der Waals surface area (Å²) in [6.07, 6.45) is 5.85. The fourth-order valence-corrected chi connectivity index (χ4v) is 7.84. The van der Waals surface area contributed by atoms with E-state index < -0.39 is 29.7 Å². The van der Waals surface area contributed by atoms with Crippen LogP contribution in [-0.4, -0.2) is 106 Å². The molecule has 1 aromatic carbocycles. The summed E-state index contributed by atoms with van der Waals surface area (Å²) < 4.78 is 0. The van der Waals surface area contributed by atoms with Crippen molar-refractivity contribution in [2.45, 2.75) is 57.7 Å². The molecule has 3 saturated heterocycles. The third-order valence-corrected chi connectivity index (χ3v) is 10.9. The van der Waals surface area contributed by atoms with Crippen molar-refractivity contribution in [2.75, 3.05) is 49.1 Å². The average molecular weight is 732 g/mol. The molecule has 0 aliphatic carbocycles. The number of benzene rings is 1. The lowest BCUT2D eigenvalue weighted by molar-refractivity contribution is -0.136. The van der Waals surface area contributed by atoms with Gasteiger partial charge in [-0.2, -0.15) is 0 Å². The summed E-state index contributed by atoms with van der Waals surface area (Å²) in [6.45, 7) is 7.31. The predicted molar refractivity (Wildman–Crippen MR) is 199 cm³/mol. The number of anilines is 2. The lowest BCUT2D eigenvalue weighted by atomic mass is 10.0. The van der Waals surface area contributed by atoms with Crippen LogP contribution in [0.5, 0.6) is 0 Å². The maximum absolute atomic E-state index is 13.3. The summed E-state index contributed by atoms with van der Waals surface area (Å²) in [6, 6.07) is 11.6. The molecule has 54 heavy (non-hydrogen) atoms. The first-order chi connectivity index (χ1) is 26.1. The standard InChI is InChI=1S/C39H41N9O6/c1-2-24-18-31-32(43-35(24)50)17-23(20-40-31)22-45-13-15-47(16-14-45)27-4-6-30(41-21-27)36(51)42-25-9-11-46(12-10-25)26-3-5-28-29(19-26)39(54)48(38(28)53)33-7-8-34(49)44-37(33)52/h3-6,17-21,25,33H,2,7-16,22H2,1H3,(H,42,51)(H,43,50)(H,44,49,52)/t33-/m0/s1. The van der Waals surface area contributed by atoms with Gasteiger partial charge in [0.15, 0.2) is 0 Å². The van der Waals surface area contributed by atoms with Crippen LogP contribution in [-0.2, 0) is 22.6 Å². The molecule has 8 rings (SSSR count). The molecule has 0 radical (unpaired) electrons. The van der Waals surface area contributed by atoms with Crippen molar-refractivity contribution in [1.29, 1.82) is 0 Å². The van der Waals surface area contributed by atoms with Gasteiger partial charge in [-0.15, -0.1) is 0 Å². The molecular formula is C39H41N9O6. The van der Waals surface area contributed by atoms with Gasteiger partial charge < -0.3 is 20.1 Å². The zero-order chi connectivity index (χ0) is 37.5. The second-order valence-corrected chi connectivity index (χ2v) is 14.3. The van der Waals surface area contributed by atoms with Gasteiger partial charge in [-0.25, -0.2) is 4.98 Å². The molecule has 4 aliphatic heterocycles. The number of piperidine rings is 2. The largest absolute Gasteiger partial charge is 0.371 e. The monoisotopic (exact) mass is 731 g/mol. The van der Waals surface area contributed by atoms with Gasteiger partial charge in [0.1, 0.15) is 11.7 Å². The summed E-state index contributed by atoms with van der Waals surface area (Å²) in [5.74, 6) is -2.33. The number of carbonyl (C=O) groups is 5. The van der Waals surface area contributed by atoms with Crippen LogP contribution in [0.2, 0.25) is 0 Å². The number of rotatable bonds is 8. The van der Waals surface area contributed by atoms with E-state index in [9.17, 15) is 28.8 Å². The molecule has 7 heterocycles. The molecule has 3 aromatic heterocycles. The van der Waals surface area contributed by atoms with E-state index in [1.165, 1.54) is 0 Å². The highest BCUT2D eigenvalue weighted by atomic mass is 16.2. The van der Waals surface area contributed by atoms with Gasteiger partial charge in [-0.1, -0.05) is 6.92 Å². The number of imide groups is 2. The number of piperazine rings is 1. The number of aromatic nitrogens is 3. The molecule has 278 valence electrons. The highest BCUT2D eigenvalue weighted by Crippen LogP contribution is 2.32. The van der Waals surface area contributed by atoms with Crippen LogP contribution in [0.4, 0.5) is 11.4 Å². The van der Waals surface area contributed by atoms with Crippen LogP contribution in [0.15, 0.2) is 59.7 Å². The van der Waals surface area contributed by atoms with Crippen molar-refractivity contribution >= 4 is 51.9 Å². The van der Waals surface area contributed by atoms with Crippen LogP contribution in [0.1, 0.15) is 74.9 Å². The Balaban J connectivity index is 0.809. The van der Waals surface area contributed by atoms with E-state index in [1.54, 1.807) is 30.5 Å². The first-order valence-corrected chi connectivity index (χ1v) is 18.5. The number of aromatic amines is 1. The lowest BCUT2D eigenvalue weighted by Gasteiger charge is -2.36. The van der Waals surface area contributed by atoms with Gasteiger partial charge in [0.25, 0.3) is 23.3 Å². The second-order valence-electron chi connectivity index (χ2n) is 14.3. The Labute approximate surface area is 310 Å². The van der Waals surface area contributed by atoms with Gasteiger partial charge >= 0.3 is 0 Å². The lowest BCUT2D eigenvalue weighted by Crippen LogP contribution is -2.54. The van der Waals surface area contributed by atoms with Gasteiger partial charge in [-0.05, 0) is 73.7 Å². The van der Waals surface area contributed by atoms with Crippen molar-refractivity contribution in [3.05, 3.63) is 93.2 Å². The Morgan fingerprint density at radius 1 is 0.815 bits per heavy atom. The Kier molecular flexibility index (Phi) is 9.40. The summed E-state index contributed by atoms with van der Waals surface area (Å²) in [7, 11) is 0. The third kappa shape index (κ3) is 6.82. The number of nitrogens with one attached hydrogen (secondary N) is 3. The molecule has 4 aliphatic rings. The number of amides is 5. The summed E-state index contributed by atoms with van der Waals surface area (Å²) in [5, 5.41) is 5.34. The molecule has 15 heteroatoms. The van der Waals surface area contributed by atoms with Gasteiger partial charge in [0.05, 0.1) is 34.0 Å². The maximum Gasteiger partial charge on any atom is 0.270 e. The Bertz CT molecular complexity index is 2220. The zero-order valence-electron chi connectivity index (χ0n) is 30.0. The molecule has 0 unspecified atom stereocenters. The second kappa shape index (κ2) is 14.5. The fourth-order valence-electron chi connectivity index (χ4n) is 7.84. The molecular weight excluding hydrogens is 690 g/mol. The van der Waals surface area contributed by atoms with E-state index in [0.29, 0.717) is 38.0 Å². The molecule has 0 spiro atoms. The van der Waals surface area contributed by atoms with Crippen molar-refractivity contribution in [1.82, 2.24) is 35.4 Å². The van der Waals surface area contributed by atoms with E-state index in [-0.39, 0.29) is 41.5 Å². The highest BCUT2D eigenvalue weighted by molar-refractivity contribution is 6.23. The van der Waals surface area contributed by atoms with E-state index in [4.69, 9.17) is 0 Å². The average Bonchev–Trinajstić information content (AvgIpc) is 3.43. The summed E-state index contributed by atoms with van der Waals surface area (Å²) >= 11 is 0. The predicted octanol–water partition coefficient (Wildman–Crippen LogP) is 2.00. The van der Waals surface area contributed by atoms with Crippen molar-refractivity contribution in [3.8, 4) is 0 Å². The van der Waals surface area contributed by atoms with Crippen molar-refractivity contribution < 1.29 is 24.0 Å². The number of hydrogen-bond acceptors (Lipinski definition) is 11. The number of fused-ring (bicyclic) bond motifs is 2. The molecule has 4 aromatic rings. The SMILES string of the molecule is CCc1cc2ncc(CN3CCN(c4ccc(C(=O)NC5CCN(c6ccc7c(c6)C(=O)N([C@H]6CCC(=O)NC6=O)C7=O)CC5)nc4)CC3)cc2[nH]c1=O. The van der Waals surface area contributed by atoms with E-state index in [2.05, 4.69) is 40.3 Å². The molecule has 3 fully saturated rings. The molecule has 1 atom stereocenters. The molecule has 0 bridgehead atoms. The van der Waals surface area contributed by atoms with Crippen molar-refractivity contribution in [3.63, 3.8) is 0 Å². The van der Waals surface area contributed by atoms with E-state index in [0.717, 1.165) is 71.2 Å². The minimum Gasteiger partial charge on any atom is -0.371 e. The summed E-state index contributed by atoms with van der Waals surface area (Å²) in [4.78, 5) is 95.5. The quantitative estimate of drug-likeness (QED) is 0.226. The minimum absolute atomic E-state index is 0.0455. The summed E-state index contributed by atoms with van der Waals surface area (Å²) in [5.41, 5.74) is 5.88. The van der Waals surface area contributed by atoms with Crippen molar-refractivity contribution in [2.24, 2.45) is 0 Å². The maximum atomic E-state index is 13.3. The zero-order valence-corrected chi connectivity index (χ0v) is 30.0. The van der Waals surface area contributed by atoms with Crippen LogP contribution in [0.25, 0.3) is 11.0 Å². The minimum atomic E-state index is -1.00. The van der Waals surface area contributed by atoms with Crippen LogP contribution >= 0.6 is 0 Å². The Morgan fingerprint density at radius 2 is 1.56 bits per heavy atom. The third-order valence-electron chi connectivity index (χ3n) is 10.9. The number of pyridine rings is 3. The van der Waals surface area contributed by atoms with Gasteiger partial charge in [-0.3, -0.25) is 48.9 Å². The number of H-pyrrole nitrogens is 1. The Morgan fingerprint density at radius 3 is 2.28 bits per heavy atom. The van der Waals surface area contributed by atoms with Crippen LogP contribution in [0, 0.1) is 0 Å². The number of nitrogens with zero attached hydrogens (tertiary/aromatic N) is 6. The number of hydrogen-bond donors (Lipinski definition) is 3. The topological polar surface area (TPSA) is 181 Å². The number of carbonyl (C=O) groups excluding carboxylic acids is 5. The van der Waals surface area contributed by atoms with Crippen LogP contribution in [0.3, 0.4) is 0 Å². The highest BCUT2D eigenvalue weighted by Gasteiger charge is 2.44. The molecule has 3 N–H and O–H groups in total. The number of aryl methyl sites for hydroxylation is 1. The first kappa shape index (κ1) is 35.1. The van der Waals surface area contributed by atoms with Gasteiger partial charge in [0.2, 0.25) is 11.8 Å². The normalized spacial score (nSPS) is 19.7.